The predicted octanol–water partition coefficient (Wildman–Crippen LogP) is 9.83. The van der Waals surface area contributed by atoms with Crippen molar-refractivity contribution in [3.05, 3.63) is 72.9 Å². The molecule has 0 rings (SSSR count). The normalized spacial score (nSPS) is 15.3. The molecule has 0 aromatic heterocycles. The highest BCUT2D eigenvalue weighted by molar-refractivity contribution is 7.47. The molecule has 0 bridgehead atoms. The predicted molar refractivity (Wildman–Crippen MR) is 236 cm³/mol. The van der Waals surface area contributed by atoms with Gasteiger partial charge in [-0.3, -0.25) is 23.2 Å². The summed E-state index contributed by atoms with van der Waals surface area (Å²) in [4.78, 5) is 52.6. The summed E-state index contributed by atoms with van der Waals surface area (Å²) in [5, 5.41) is 19.7. The topological polar surface area (TPSA) is 216 Å². The number of hydrogen-bond acceptors (Lipinski definition) is 11. The van der Waals surface area contributed by atoms with Crippen LogP contribution in [0.2, 0.25) is 0 Å². The number of rotatable bonds is 39. The molecule has 0 aromatic rings. The fourth-order valence-electron chi connectivity index (χ4n) is 5.35. The SMILES string of the molecule is CC/C=C\C/C=C\CC(O)/C=C/C=C\C/C=C\C/C=C\CCC(=O)O[C@H](COC(=O)CCCCCCCCCCCCC(C)C)COP(=O)(O)OC[C@@H](O)COP(=O)(O)O. The maximum Gasteiger partial charge on any atom is 0.472 e. The largest absolute Gasteiger partial charge is 0.472 e. The number of unbranched alkanes of at least 4 members (excludes halogenated alkanes) is 9. The van der Waals surface area contributed by atoms with Crippen LogP contribution in [0.25, 0.3) is 0 Å². The minimum Gasteiger partial charge on any atom is -0.462 e. The quantitative estimate of drug-likeness (QED) is 0.0128. The van der Waals surface area contributed by atoms with E-state index < -0.39 is 72.3 Å². The van der Waals surface area contributed by atoms with Crippen LogP contribution in [0.1, 0.15) is 143 Å². The maximum atomic E-state index is 12.6. The Morgan fingerprint density at radius 2 is 1.15 bits per heavy atom. The number of phosphoric ester groups is 2. The van der Waals surface area contributed by atoms with Crippen molar-refractivity contribution >= 4 is 27.6 Å². The Morgan fingerprint density at radius 1 is 0.600 bits per heavy atom. The molecule has 0 radical (unpaired) electrons. The lowest BCUT2D eigenvalue weighted by Gasteiger charge is -2.20. The van der Waals surface area contributed by atoms with E-state index in [9.17, 15) is 33.8 Å². The number of phosphoric acid groups is 2. The van der Waals surface area contributed by atoms with Gasteiger partial charge in [0.25, 0.3) is 0 Å². The van der Waals surface area contributed by atoms with Crippen LogP contribution in [0.3, 0.4) is 0 Å². The zero-order valence-corrected chi connectivity index (χ0v) is 38.1. The highest BCUT2D eigenvalue weighted by Gasteiger charge is 2.28. The first-order valence-electron chi connectivity index (χ1n) is 21.6. The fourth-order valence-corrected chi connectivity index (χ4v) is 6.50. The van der Waals surface area contributed by atoms with Crippen LogP contribution in [0.15, 0.2) is 72.9 Å². The molecule has 346 valence electrons. The maximum absolute atomic E-state index is 12.6. The second-order valence-corrected chi connectivity index (χ2v) is 17.6. The number of hydrogen-bond donors (Lipinski definition) is 5. The van der Waals surface area contributed by atoms with Gasteiger partial charge in [-0.25, -0.2) is 9.13 Å². The smallest absolute Gasteiger partial charge is 0.462 e. The molecule has 0 fully saturated rings. The van der Waals surface area contributed by atoms with E-state index >= 15 is 0 Å². The first-order valence-corrected chi connectivity index (χ1v) is 24.6. The zero-order chi connectivity index (χ0) is 44.7. The van der Waals surface area contributed by atoms with E-state index in [1.807, 2.05) is 54.7 Å². The molecule has 0 heterocycles. The fraction of sp³-hybridized carbons (Fsp3) is 0.682. The Kier molecular flexibility index (Phi) is 36.6. The standard InChI is InChI=1S/C44H76O14P2/c1-4-5-6-7-21-26-31-40(45)32-27-22-17-13-9-11-15-19-24-29-34-44(48)58-42(38-57-60(52,53)56-36-41(46)35-55-59(49,50)51)37-54-43(47)33-28-23-18-14-10-8-12-16-20-25-30-39(2)3/h5-6,9,11,17,19,21-22,24,26-27,32,39-42,45-46H,4,7-8,10,12-16,18,20,23,25,28-31,33-38H2,1-3H3,(H,52,53)(H2,49,50,51)/b6-5-,11-9-,22-17-,24-19-,26-21-,32-27+/t40?,41-,42+/m0/s1. The number of allylic oxidation sites excluding steroid dienone is 10. The van der Waals surface area contributed by atoms with Gasteiger partial charge in [0, 0.05) is 12.8 Å². The monoisotopic (exact) mass is 890 g/mol. The highest BCUT2D eigenvalue weighted by Crippen LogP contribution is 2.43. The zero-order valence-electron chi connectivity index (χ0n) is 36.3. The van der Waals surface area contributed by atoms with Crippen molar-refractivity contribution in [2.24, 2.45) is 5.92 Å². The number of aliphatic hydroxyl groups excluding tert-OH is 2. The molecule has 0 aliphatic rings. The summed E-state index contributed by atoms with van der Waals surface area (Å²) in [6.07, 6.45) is 36.7. The number of aliphatic hydroxyl groups is 2. The minimum absolute atomic E-state index is 0.0194. The van der Waals surface area contributed by atoms with E-state index in [0.717, 1.165) is 38.0 Å². The summed E-state index contributed by atoms with van der Waals surface area (Å²) in [7, 11) is -9.72. The van der Waals surface area contributed by atoms with Crippen LogP contribution >= 0.6 is 15.6 Å². The van der Waals surface area contributed by atoms with Crippen LogP contribution < -0.4 is 0 Å². The second kappa shape index (κ2) is 38.2. The molecule has 14 nitrogen and oxygen atoms in total. The minimum atomic E-state index is -4.88. The third-order valence-corrected chi connectivity index (χ3v) is 10.1. The third kappa shape index (κ3) is 42.2. The van der Waals surface area contributed by atoms with E-state index in [0.29, 0.717) is 32.1 Å². The van der Waals surface area contributed by atoms with Gasteiger partial charge in [-0.15, -0.1) is 0 Å². The van der Waals surface area contributed by atoms with E-state index in [4.69, 9.17) is 23.8 Å². The van der Waals surface area contributed by atoms with Gasteiger partial charge in [-0.1, -0.05) is 158 Å². The molecule has 0 saturated heterocycles. The molecular formula is C44H76O14P2. The molecule has 0 amide bonds. The molecule has 0 aliphatic carbocycles. The number of esters is 2. The summed E-state index contributed by atoms with van der Waals surface area (Å²) < 4.78 is 47.6. The molecule has 5 N–H and O–H groups in total. The van der Waals surface area contributed by atoms with Gasteiger partial charge in [-0.2, -0.15) is 0 Å². The van der Waals surface area contributed by atoms with Gasteiger partial charge in [0.05, 0.1) is 25.9 Å². The van der Waals surface area contributed by atoms with E-state index in [-0.39, 0.29) is 12.8 Å². The molecule has 4 atom stereocenters. The van der Waals surface area contributed by atoms with E-state index in [1.165, 1.54) is 44.9 Å². The molecule has 0 aliphatic heterocycles. The lowest BCUT2D eigenvalue weighted by Crippen LogP contribution is -2.29. The van der Waals surface area contributed by atoms with Crippen molar-refractivity contribution in [2.45, 2.75) is 161 Å². The van der Waals surface area contributed by atoms with Crippen LogP contribution in [0, 0.1) is 5.92 Å². The third-order valence-electron chi connectivity index (χ3n) is 8.62. The summed E-state index contributed by atoms with van der Waals surface area (Å²) in [5.41, 5.74) is 0. The molecular weight excluding hydrogens is 814 g/mol. The van der Waals surface area contributed by atoms with Crippen molar-refractivity contribution in [3.8, 4) is 0 Å². The van der Waals surface area contributed by atoms with Gasteiger partial charge < -0.3 is 34.4 Å². The molecule has 0 aromatic carbocycles. The molecule has 16 heteroatoms. The van der Waals surface area contributed by atoms with Crippen LogP contribution in [0.5, 0.6) is 0 Å². The number of carbonyl (C=O) groups excluding carboxylic acids is 2. The molecule has 0 saturated carbocycles. The number of ether oxygens (including phenoxy) is 2. The molecule has 60 heavy (non-hydrogen) atoms. The van der Waals surface area contributed by atoms with Crippen molar-refractivity contribution in [3.63, 3.8) is 0 Å². The van der Waals surface area contributed by atoms with Gasteiger partial charge in [0.1, 0.15) is 12.7 Å². The Hall–Kier alpha value is -2.48. The van der Waals surface area contributed by atoms with Crippen LogP contribution in [0.4, 0.5) is 0 Å². The van der Waals surface area contributed by atoms with Crippen LogP contribution in [-0.4, -0.2) is 81.6 Å². The first-order chi connectivity index (χ1) is 28.6. The average molecular weight is 891 g/mol. The van der Waals surface area contributed by atoms with Gasteiger partial charge >= 0.3 is 27.6 Å². The van der Waals surface area contributed by atoms with Crippen molar-refractivity contribution < 1.29 is 66.7 Å². The number of carbonyl (C=O) groups is 2. The van der Waals surface area contributed by atoms with Crippen molar-refractivity contribution in [2.75, 3.05) is 26.4 Å². The lowest BCUT2D eigenvalue weighted by atomic mass is 10.0. The Labute approximate surface area is 359 Å². The van der Waals surface area contributed by atoms with Gasteiger partial charge in [-0.05, 0) is 50.9 Å². The Balaban J connectivity index is 4.72. The van der Waals surface area contributed by atoms with E-state index in [2.05, 4.69) is 42.0 Å². The van der Waals surface area contributed by atoms with Crippen molar-refractivity contribution in [1.82, 2.24) is 0 Å². The summed E-state index contributed by atoms with van der Waals surface area (Å²) in [6.45, 7) is 3.76. The van der Waals surface area contributed by atoms with Gasteiger partial charge in [0.2, 0.25) is 0 Å². The summed E-state index contributed by atoms with van der Waals surface area (Å²) in [6, 6.07) is 0. The van der Waals surface area contributed by atoms with E-state index in [1.54, 1.807) is 6.08 Å². The second-order valence-electron chi connectivity index (χ2n) is 14.9. The van der Waals surface area contributed by atoms with Crippen LogP contribution in [-0.2, 0) is 41.8 Å². The van der Waals surface area contributed by atoms with Gasteiger partial charge in [0.15, 0.2) is 6.10 Å². The summed E-state index contributed by atoms with van der Waals surface area (Å²) in [5.74, 6) is -0.400. The molecule has 2 unspecified atom stereocenters. The lowest BCUT2D eigenvalue weighted by molar-refractivity contribution is -0.161. The highest BCUT2D eigenvalue weighted by atomic mass is 31.2. The average Bonchev–Trinajstić information content (AvgIpc) is 3.19. The van der Waals surface area contributed by atoms with Crippen molar-refractivity contribution in [1.29, 1.82) is 0 Å². The Morgan fingerprint density at radius 3 is 1.78 bits per heavy atom. The Bertz CT molecular complexity index is 1370. The summed E-state index contributed by atoms with van der Waals surface area (Å²) >= 11 is 0. The molecule has 0 spiro atoms. The first kappa shape index (κ1) is 57.5.